The minimum absolute atomic E-state index is 0.0333. The van der Waals surface area contributed by atoms with Crippen molar-refractivity contribution in [1.29, 1.82) is 0 Å². The first kappa shape index (κ1) is 10.8. The molecule has 0 aromatic heterocycles. The van der Waals surface area contributed by atoms with Crippen LogP contribution in [0.4, 0.5) is 5.69 Å². The summed E-state index contributed by atoms with van der Waals surface area (Å²) in [6.07, 6.45) is 0.362. The molecule has 0 amide bonds. The molecule has 0 saturated heterocycles. The Morgan fingerprint density at radius 1 is 1.11 bits per heavy atom. The van der Waals surface area contributed by atoms with Crippen molar-refractivity contribution in [3.8, 4) is 5.75 Å². The normalized spacial score (nSPS) is 18.0. The summed E-state index contributed by atoms with van der Waals surface area (Å²) in [6.45, 7) is 0. The Balaban J connectivity index is 2.10. The van der Waals surface area contributed by atoms with Gasteiger partial charge in [-0.25, -0.2) is 0 Å². The smallest absolute Gasteiger partial charge is 0.312 e. The molecule has 2 aromatic rings. The van der Waals surface area contributed by atoms with Crippen LogP contribution in [0.15, 0.2) is 48.5 Å². The lowest BCUT2D eigenvalue weighted by molar-refractivity contribution is -0.135. The highest BCUT2D eigenvalue weighted by molar-refractivity contribution is 5.77. The topological polar surface area (TPSA) is 52.3 Å². The van der Waals surface area contributed by atoms with E-state index in [1.807, 2.05) is 48.5 Å². The molecule has 0 fully saturated rings. The van der Waals surface area contributed by atoms with Gasteiger partial charge in [0.15, 0.2) is 0 Å². The van der Waals surface area contributed by atoms with Gasteiger partial charge in [-0.05, 0) is 23.8 Å². The van der Waals surface area contributed by atoms with Crippen molar-refractivity contribution in [3.05, 3.63) is 59.7 Å². The summed E-state index contributed by atoms with van der Waals surface area (Å²) in [5.74, 6) is 0.494. The first-order valence-electron chi connectivity index (χ1n) is 5.89. The van der Waals surface area contributed by atoms with E-state index in [1.54, 1.807) is 0 Å². The van der Waals surface area contributed by atoms with Gasteiger partial charge in [-0.1, -0.05) is 30.3 Å². The Kier molecular flexibility index (Phi) is 2.52. The van der Waals surface area contributed by atoms with Gasteiger partial charge in [-0.15, -0.1) is 0 Å². The van der Waals surface area contributed by atoms with Gasteiger partial charge in [-0.3, -0.25) is 4.79 Å². The highest BCUT2D eigenvalue weighted by Gasteiger charge is 2.27. The van der Waals surface area contributed by atoms with Crippen molar-refractivity contribution < 1.29 is 9.53 Å². The second-order valence-electron chi connectivity index (χ2n) is 4.44. The molecule has 3 heteroatoms. The fraction of sp³-hybridized carbons (Fsp3) is 0.133. The van der Waals surface area contributed by atoms with E-state index in [2.05, 4.69) is 0 Å². The molecule has 0 radical (unpaired) electrons. The van der Waals surface area contributed by atoms with Crippen molar-refractivity contribution in [2.75, 3.05) is 5.73 Å². The van der Waals surface area contributed by atoms with E-state index >= 15 is 0 Å². The van der Waals surface area contributed by atoms with E-state index in [4.69, 9.17) is 10.5 Å². The minimum atomic E-state index is -0.193. The first-order chi connectivity index (χ1) is 8.74. The van der Waals surface area contributed by atoms with Crippen molar-refractivity contribution in [3.63, 3.8) is 0 Å². The highest BCUT2D eigenvalue weighted by atomic mass is 16.5. The van der Waals surface area contributed by atoms with Gasteiger partial charge in [0.2, 0.25) is 0 Å². The number of nitrogen functional groups attached to an aromatic ring is 1. The Morgan fingerprint density at radius 3 is 2.78 bits per heavy atom. The summed E-state index contributed by atoms with van der Waals surface area (Å²) in [5.41, 5.74) is 8.61. The lowest BCUT2D eigenvalue weighted by atomic mass is 9.86. The van der Waals surface area contributed by atoms with E-state index in [-0.39, 0.29) is 11.9 Å². The maximum absolute atomic E-state index is 11.6. The standard InChI is InChI=1S/C15H13NO2/c16-11-5-3-4-10(8-11)13-9-15(17)18-14-7-2-1-6-12(13)14/h1-8,13H,9,16H2. The molecule has 90 valence electrons. The van der Waals surface area contributed by atoms with Crippen molar-refractivity contribution >= 4 is 11.7 Å². The van der Waals surface area contributed by atoms with Crippen LogP contribution in [0.1, 0.15) is 23.5 Å². The molecule has 1 atom stereocenters. The fourth-order valence-corrected chi connectivity index (χ4v) is 2.38. The van der Waals surface area contributed by atoms with Gasteiger partial charge in [0, 0.05) is 17.2 Å². The van der Waals surface area contributed by atoms with Crippen LogP contribution < -0.4 is 10.5 Å². The van der Waals surface area contributed by atoms with Crippen LogP contribution in [0.25, 0.3) is 0 Å². The predicted molar refractivity (Wildman–Crippen MR) is 69.4 cm³/mol. The zero-order chi connectivity index (χ0) is 12.5. The molecular formula is C15H13NO2. The van der Waals surface area contributed by atoms with Crippen molar-refractivity contribution in [2.45, 2.75) is 12.3 Å². The maximum atomic E-state index is 11.6. The van der Waals surface area contributed by atoms with E-state index in [9.17, 15) is 4.79 Å². The largest absolute Gasteiger partial charge is 0.426 e. The number of ether oxygens (including phenoxy) is 1. The third-order valence-electron chi connectivity index (χ3n) is 3.20. The number of carbonyl (C=O) groups excluding carboxylic acids is 1. The number of nitrogens with two attached hydrogens (primary N) is 1. The average Bonchev–Trinajstić information content (AvgIpc) is 2.37. The number of fused-ring (bicyclic) bond motifs is 1. The van der Waals surface area contributed by atoms with Crippen molar-refractivity contribution in [2.24, 2.45) is 0 Å². The fourth-order valence-electron chi connectivity index (χ4n) is 2.38. The number of rotatable bonds is 1. The molecule has 0 bridgehead atoms. The van der Waals surface area contributed by atoms with Crippen LogP contribution in [-0.4, -0.2) is 5.97 Å². The number of esters is 1. The third kappa shape index (κ3) is 1.84. The molecular weight excluding hydrogens is 226 g/mol. The van der Waals surface area contributed by atoms with Gasteiger partial charge < -0.3 is 10.5 Å². The quantitative estimate of drug-likeness (QED) is 0.473. The lowest BCUT2D eigenvalue weighted by Crippen LogP contribution is -2.20. The third-order valence-corrected chi connectivity index (χ3v) is 3.20. The van der Waals surface area contributed by atoms with Gasteiger partial charge >= 0.3 is 5.97 Å². The molecule has 2 aromatic carbocycles. The molecule has 0 spiro atoms. The number of hydrogen-bond donors (Lipinski definition) is 1. The van der Waals surface area contributed by atoms with Gasteiger partial charge in [-0.2, -0.15) is 0 Å². The maximum Gasteiger partial charge on any atom is 0.312 e. The Bertz CT molecular complexity index is 607. The molecule has 1 unspecified atom stereocenters. The number of carbonyl (C=O) groups is 1. The Morgan fingerprint density at radius 2 is 1.94 bits per heavy atom. The summed E-state index contributed by atoms with van der Waals surface area (Å²) in [5, 5.41) is 0. The Labute approximate surface area is 105 Å². The van der Waals surface area contributed by atoms with E-state index in [1.165, 1.54) is 0 Å². The molecule has 3 rings (SSSR count). The van der Waals surface area contributed by atoms with Crippen LogP contribution in [0.2, 0.25) is 0 Å². The Hall–Kier alpha value is -2.29. The number of benzene rings is 2. The molecule has 0 aliphatic carbocycles. The average molecular weight is 239 g/mol. The molecule has 3 nitrogen and oxygen atoms in total. The van der Waals surface area contributed by atoms with E-state index < -0.39 is 0 Å². The van der Waals surface area contributed by atoms with Gasteiger partial charge in [0.25, 0.3) is 0 Å². The van der Waals surface area contributed by atoms with Crippen LogP contribution in [0.5, 0.6) is 5.75 Å². The minimum Gasteiger partial charge on any atom is -0.426 e. The van der Waals surface area contributed by atoms with Crippen LogP contribution >= 0.6 is 0 Å². The van der Waals surface area contributed by atoms with Crippen LogP contribution in [0, 0.1) is 0 Å². The molecule has 1 aliphatic heterocycles. The van der Waals surface area contributed by atoms with Gasteiger partial charge in [0.1, 0.15) is 5.75 Å². The van der Waals surface area contributed by atoms with Crippen LogP contribution in [-0.2, 0) is 4.79 Å². The summed E-state index contributed by atoms with van der Waals surface area (Å²) < 4.78 is 5.24. The zero-order valence-electron chi connectivity index (χ0n) is 9.80. The second-order valence-corrected chi connectivity index (χ2v) is 4.44. The highest BCUT2D eigenvalue weighted by Crippen LogP contribution is 2.38. The molecule has 1 heterocycles. The number of hydrogen-bond acceptors (Lipinski definition) is 3. The molecule has 18 heavy (non-hydrogen) atoms. The number of anilines is 1. The van der Waals surface area contributed by atoms with Crippen molar-refractivity contribution in [1.82, 2.24) is 0 Å². The lowest BCUT2D eigenvalue weighted by Gasteiger charge is -2.24. The first-order valence-corrected chi connectivity index (χ1v) is 5.89. The predicted octanol–water partition coefficient (Wildman–Crippen LogP) is 2.71. The second kappa shape index (κ2) is 4.18. The molecule has 1 aliphatic rings. The summed E-state index contributed by atoms with van der Waals surface area (Å²) >= 11 is 0. The summed E-state index contributed by atoms with van der Waals surface area (Å²) in [6, 6.07) is 15.3. The summed E-state index contributed by atoms with van der Waals surface area (Å²) in [4.78, 5) is 11.6. The molecule has 2 N–H and O–H groups in total. The van der Waals surface area contributed by atoms with E-state index in [0.29, 0.717) is 17.9 Å². The SMILES string of the molecule is Nc1cccc(C2CC(=O)Oc3ccccc32)c1. The van der Waals surface area contributed by atoms with Gasteiger partial charge in [0.05, 0.1) is 6.42 Å². The number of para-hydroxylation sites is 1. The molecule has 0 saturated carbocycles. The monoisotopic (exact) mass is 239 g/mol. The van der Waals surface area contributed by atoms with E-state index in [0.717, 1.165) is 11.1 Å². The summed E-state index contributed by atoms with van der Waals surface area (Å²) in [7, 11) is 0. The zero-order valence-corrected chi connectivity index (χ0v) is 9.80. The van der Waals surface area contributed by atoms with Crippen LogP contribution in [0.3, 0.4) is 0 Å².